The number of nitrogens with zero attached hydrogens (tertiary/aromatic N) is 1. The van der Waals surface area contributed by atoms with E-state index in [1.807, 2.05) is 60.4 Å². The number of benzene rings is 3. The largest absolute Gasteiger partial charge is 0.497 e. The zero-order valence-electron chi connectivity index (χ0n) is 19.9. The predicted molar refractivity (Wildman–Crippen MR) is 138 cm³/mol. The fraction of sp³-hybridized carbons (Fsp3) is 0.345. The van der Waals surface area contributed by atoms with Crippen molar-refractivity contribution < 1.29 is 9.53 Å². The van der Waals surface area contributed by atoms with Crippen LogP contribution in [0.5, 0.6) is 5.75 Å². The van der Waals surface area contributed by atoms with E-state index in [1.165, 1.54) is 5.56 Å². The normalized spacial score (nSPS) is 18.7. The average Bonchev–Trinajstić information content (AvgIpc) is 2.88. The molecule has 4 rings (SSSR count). The molecule has 0 aliphatic heterocycles. The summed E-state index contributed by atoms with van der Waals surface area (Å²) in [5.74, 6) is 1.39. The quantitative estimate of drug-likeness (QED) is 0.387. The number of nitrogens with one attached hydrogen (secondary N) is 1. The monoisotopic (exact) mass is 476 g/mol. The van der Waals surface area contributed by atoms with Crippen molar-refractivity contribution in [3.63, 3.8) is 0 Å². The summed E-state index contributed by atoms with van der Waals surface area (Å²) >= 11 is 6.04. The summed E-state index contributed by atoms with van der Waals surface area (Å²) in [5.41, 5.74) is 3.54. The molecule has 3 aromatic rings. The lowest BCUT2D eigenvalue weighted by atomic mass is 9.81. The van der Waals surface area contributed by atoms with Crippen molar-refractivity contribution in [1.82, 2.24) is 10.2 Å². The summed E-state index contributed by atoms with van der Waals surface area (Å²) in [5, 5.41) is 3.91. The molecule has 0 bridgehead atoms. The van der Waals surface area contributed by atoms with E-state index < -0.39 is 0 Å². The van der Waals surface area contributed by atoms with Crippen LogP contribution in [0.1, 0.15) is 61.3 Å². The third-order valence-corrected chi connectivity index (χ3v) is 7.14. The van der Waals surface area contributed by atoms with Crippen LogP contribution in [0.2, 0.25) is 5.02 Å². The van der Waals surface area contributed by atoms with Crippen molar-refractivity contribution >= 4 is 17.6 Å². The summed E-state index contributed by atoms with van der Waals surface area (Å²) in [4.78, 5) is 15.6. The Hall–Kier alpha value is -2.98. The van der Waals surface area contributed by atoms with Gasteiger partial charge in [0.15, 0.2) is 0 Å². The first-order valence-corrected chi connectivity index (χ1v) is 12.4. The number of rotatable bonds is 7. The molecule has 1 N–H and O–H groups in total. The second-order valence-corrected chi connectivity index (χ2v) is 9.55. The Labute approximate surface area is 207 Å². The Bertz CT molecular complexity index is 1050. The molecule has 5 heteroatoms. The smallest absolute Gasteiger partial charge is 0.318 e. The fourth-order valence-electron chi connectivity index (χ4n) is 4.84. The third kappa shape index (κ3) is 6.12. The van der Waals surface area contributed by atoms with Crippen molar-refractivity contribution in [2.45, 2.75) is 57.2 Å². The molecule has 0 heterocycles. The van der Waals surface area contributed by atoms with Gasteiger partial charge in [-0.05, 0) is 79.5 Å². The second kappa shape index (κ2) is 11.4. The van der Waals surface area contributed by atoms with Crippen LogP contribution in [0, 0.1) is 0 Å². The van der Waals surface area contributed by atoms with E-state index in [0.717, 1.165) is 42.6 Å². The fourth-order valence-corrected chi connectivity index (χ4v) is 4.97. The number of methoxy groups -OCH3 is 1. The van der Waals surface area contributed by atoms with E-state index in [2.05, 4.69) is 35.6 Å². The van der Waals surface area contributed by atoms with Crippen LogP contribution in [0.15, 0.2) is 78.9 Å². The molecule has 178 valence electrons. The number of hydrogen-bond donors (Lipinski definition) is 1. The topological polar surface area (TPSA) is 41.6 Å². The van der Waals surface area contributed by atoms with Gasteiger partial charge in [-0.15, -0.1) is 0 Å². The number of ether oxygens (including phenoxy) is 1. The van der Waals surface area contributed by atoms with E-state index >= 15 is 0 Å². The summed E-state index contributed by atoms with van der Waals surface area (Å²) in [7, 11) is 1.66. The third-order valence-electron chi connectivity index (χ3n) is 6.89. The maximum absolute atomic E-state index is 13.5. The molecule has 0 radical (unpaired) electrons. The van der Waals surface area contributed by atoms with Gasteiger partial charge in [0, 0.05) is 17.6 Å². The summed E-state index contributed by atoms with van der Waals surface area (Å²) in [6, 6.07) is 26.4. The Morgan fingerprint density at radius 3 is 2.24 bits per heavy atom. The van der Waals surface area contributed by atoms with Gasteiger partial charge in [0.25, 0.3) is 0 Å². The molecular weight excluding hydrogens is 444 g/mol. The highest BCUT2D eigenvalue weighted by atomic mass is 35.5. The number of halogens is 1. The molecular formula is C29H33ClN2O2. The van der Waals surface area contributed by atoms with Crippen molar-refractivity contribution in [2.24, 2.45) is 0 Å². The molecule has 1 saturated carbocycles. The molecule has 1 aliphatic rings. The minimum Gasteiger partial charge on any atom is -0.497 e. The summed E-state index contributed by atoms with van der Waals surface area (Å²) in [6.07, 6.45) is 4.18. The Kier molecular flexibility index (Phi) is 8.12. The summed E-state index contributed by atoms with van der Waals surface area (Å²) in [6.45, 7) is 2.59. The molecule has 0 unspecified atom stereocenters. The average molecular weight is 477 g/mol. The number of hydrogen-bond acceptors (Lipinski definition) is 2. The minimum absolute atomic E-state index is 0.0265. The van der Waals surface area contributed by atoms with Gasteiger partial charge in [0.05, 0.1) is 13.2 Å². The van der Waals surface area contributed by atoms with Gasteiger partial charge in [0.1, 0.15) is 5.75 Å². The van der Waals surface area contributed by atoms with Crippen LogP contribution < -0.4 is 10.1 Å². The highest BCUT2D eigenvalue weighted by Crippen LogP contribution is 2.35. The van der Waals surface area contributed by atoms with E-state index in [0.29, 0.717) is 17.5 Å². The first kappa shape index (κ1) is 24.2. The molecule has 0 saturated heterocycles. The van der Waals surface area contributed by atoms with Crippen molar-refractivity contribution in [3.05, 3.63) is 101 Å². The molecule has 0 spiro atoms. The predicted octanol–water partition coefficient (Wildman–Crippen LogP) is 7.35. The van der Waals surface area contributed by atoms with Crippen LogP contribution in [0.25, 0.3) is 0 Å². The molecule has 2 amide bonds. The van der Waals surface area contributed by atoms with E-state index in [1.54, 1.807) is 7.11 Å². The van der Waals surface area contributed by atoms with Crippen molar-refractivity contribution in [1.29, 1.82) is 0 Å². The minimum atomic E-state index is -0.108. The van der Waals surface area contributed by atoms with Crippen molar-refractivity contribution in [3.8, 4) is 5.75 Å². The van der Waals surface area contributed by atoms with Crippen LogP contribution in [-0.2, 0) is 6.54 Å². The number of carbonyl (C=O) groups excluding carboxylic acids is 1. The van der Waals surface area contributed by atoms with Gasteiger partial charge < -0.3 is 15.0 Å². The highest BCUT2D eigenvalue weighted by molar-refractivity contribution is 6.30. The zero-order valence-corrected chi connectivity index (χ0v) is 20.7. The molecule has 3 aromatic carbocycles. The van der Waals surface area contributed by atoms with Crippen molar-refractivity contribution in [2.75, 3.05) is 7.11 Å². The zero-order chi connectivity index (χ0) is 23.9. The lowest BCUT2D eigenvalue weighted by molar-refractivity contribution is 0.144. The molecule has 4 nitrogen and oxygen atoms in total. The molecule has 1 fully saturated rings. The lowest BCUT2D eigenvalue weighted by Crippen LogP contribution is -2.47. The molecule has 34 heavy (non-hydrogen) atoms. The SMILES string of the molecule is COc1ccc(CN(C(=O)N[C@@H](C)c2ccc(Cl)cc2)C2CCC(c3ccccc3)CC2)cc1. The maximum Gasteiger partial charge on any atom is 0.318 e. The Morgan fingerprint density at radius 1 is 0.971 bits per heavy atom. The standard InChI is InChI=1S/C29H33ClN2O2/c1-21(23-10-14-26(30)15-11-23)31-29(33)32(20-22-8-18-28(34-2)19-9-22)27-16-12-25(13-17-27)24-6-4-3-5-7-24/h3-11,14-15,18-19,21,25,27H,12-13,16-17,20H2,1-2H3,(H,31,33)/t21-,25?,27?/m0/s1. The molecule has 1 aliphatic carbocycles. The molecule has 1 atom stereocenters. The van der Waals surface area contributed by atoms with Gasteiger partial charge in [-0.3, -0.25) is 0 Å². The molecule has 0 aromatic heterocycles. The number of amides is 2. The first-order chi connectivity index (χ1) is 16.5. The van der Waals surface area contributed by atoms with Crippen LogP contribution in [-0.4, -0.2) is 24.1 Å². The van der Waals surface area contributed by atoms with E-state index in [4.69, 9.17) is 16.3 Å². The highest BCUT2D eigenvalue weighted by Gasteiger charge is 2.30. The van der Waals surface area contributed by atoms with Crippen LogP contribution >= 0.6 is 11.6 Å². The van der Waals surface area contributed by atoms with E-state index in [9.17, 15) is 4.79 Å². The van der Waals surface area contributed by atoms with Crippen LogP contribution in [0.4, 0.5) is 4.79 Å². The Balaban J connectivity index is 1.47. The van der Waals surface area contributed by atoms with Gasteiger partial charge in [-0.2, -0.15) is 0 Å². The van der Waals surface area contributed by atoms with Gasteiger partial charge >= 0.3 is 6.03 Å². The summed E-state index contributed by atoms with van der Waals surface area (Å²) < 4.78 is 5.30. The number of carbonyl (C=O) groups is 1. The number of urea groups is 1. The van der Waals surface area contributed by atoms with Gasteiger partial charge in [-0.25, -0.2) is 4.79 Å². The second-order valence-electron chi connectivity index (χ2n) is 9.11. The maximum atomic E-state index is 13.5. The van der Waals surface area contributed by atoms with Crippen LogP contribution in [0.3, 0.4) is 0 Å². The van der Waals surface area contributed by atoms with Gasteiger partial charge in [0.2, 0.25) is 0 Å². The lowest BCUT2D eigenvalue weighted by Gasteiger charge is -2.38. The Morgan fingerprint density at radius 2 is 1.62 bits per heavy atom. The van der Waals surface area contributed by atoms with Gasteiger partial charge in [-0.1, -0.05) is 66.2 Å². The van der Waals surface area contributed by atoms with E-state index in [-0.39, 0.29) is 18.1 Å². The first-order valence-electron chi connectivity index (χ1n) is 12.0.